The highest BCUT2D eigenvalue weighted by Crippen LogP contribution is 2.28. The molecule has 34 heavy (non-hydrogen) atoms. The highest BCUT2D eigenvalue weighted by molar-refractivity contribution is 6.04. The molecule has 1 aliphatic carbocycles. The van der Waals surface area contributed by atoms with Crippen LogP contribution >= 0.6 is 0 Å². The minimum absolute atomic E-state index is 0.122. The van der Waals surface area contributed by atoms with E-state index < -0.39 is 18.0 Å². The van der Waals surface area contributed by atoms with Crippen molar-refractivity contribution in [2.45, 2.75) is 64.0 Å². The smallest absolute Gasteiger partial charge is 0.268 e. The average molecular weight is 469 g/mol. The molecule has 0 radical (unpaired) electrons. The molecule has 1 heterocycles. The average Bonchev–Trinajstić information content (AvgIpc) is 2.86. The number of benzene rings is 1. The maximum atomic E-state index is 13.6. The quantitative estimate of drug-likeness (QED) is 0.663. The molecule has 2 atom stereocenters. The fourth-order valence-corrected chi connectivity index (χ4v) is 4.57. The molecule has 8 heteroatoms. The minimum atomic E-state index is -0.781. The number of likely N-dealkylation sites (N-methyl/N-ethyl adjacent to an activating group) is 2. The summed E-state index contributed by atoms with van der Waals surface area (Å²) in [5.74, 6) is -1.10. The van der Waals surface area contributed by atoms with Crippen LogP contribution in [0.5, 0.6) is 0 Å². The molecule has 0 aromatic heterocycles. The van der Waals surface area contributed by atoms with Crippen LogP contribution in [0.4, 0.5) is 0 Å². The van der Waals surface area contributed by atoms with Crippen molar-refractivity contribution < 1.29 is 19.2 Å². The van der Waals surface area contributed by atoms with Gasteiger partial charge in [0.05, 0.1) is 6.54 Å². The third-order valence-corrected chi connectivity index (χ3v) is 6.98. The molecule has 1 saturated carbocycles. The van der Waals surface area contributed by atoms with Crippen molar-refractivity contribution >= 4 is 29.7 Å². The molecule has 4 amide bonds. The monoisotopic (exact) mass is 468 g/mol. The van der Waals surface area contributed by atoms with E-state index in [1.807, 2.05) is 30.3 Å². The fraction of sp³-hybridized carbons (Fsp3) is 0.538. The third kappa shape index (κ3) is 6.46. The molecule has 0 bridgehead atoms. The molecule has 0 spiro atoms. The van der Waals surface area contributed by atoms with Gasteiger partial charge < -0.3 is 20.4 Å². The number of rotatable bonds is 4. The van der Waals surface area contributed by atoms with Crippen molar-refractivity contribution in [2.75, 3.05) is 20.6 Å². The Hall–Kier alpha value is -3.16. The molecular formula is C26H36N4O4. The first-order valence-electron chi connectivity index (χ1n) is 12.2. The largest absolute Gasteiger partial charge is 0.343 e. The van der Waals surface area contributed by atoms with Gasteiger partial charge in [0.25, 0.3) is 5.91 Å². The van der Waals surface area contributed by atoms with Gasteiger partial charge in [0, 0.05) is 14.1 Å². The normalized spacial score (nSPS) is 25.0. The number of nitrogens with one attached hydrogen (secondary N) is 2. The first kappa shape index (κ1) is 25.5. The lowest BCUT2D eigenvalue weighted by molar-refractivity contribution is -0.141. The molecule has 2 N–H and O–H groups in total. The van der Waals surface area contributed by atoms with Gasteiger partial charge in [-0.3, -0.25) is 19.2 Å². The van der Waals surface area contributed by atoms with Crippen molar-refractivity contribution in [3.63, 3.8) is 0 Å². The van der Waals surface area contributed by atoms with Crippen LogP contribution in [0, 0.1) is 5.92 Å². The van der Waals surface area contributed by atoms with E-state index in [2.05, 4.69) is 10.6 Å². The van der Waals surface area contributed by atoms with Crippen LogP contribution < -0.4 is 10.6 Å². The van der Waals surface area contributed by atoms with Gasteiger partial charge in [-0.05, 0) is 37.3 Å². The van der Waals surface area contributed by atoms with Gasteiger partial charge in [0.15, 0.2) is 0 Å². The molecule has 1 saturated heterocycles. The number of nitrogens with zero attached hydrogens (tertiary/aromatic N) is 2. The van der Waals surface area contributed by atoms with Gasteiger partial charge in [-0.1, -0.05) is 62.4 Å². The summed E-state index contributed by atoms with van der Waals surface area (Å²) in [6.07, 6.45) is 8.86. The second kappa shape index (κ2) is 11.8. The summed E-state index contributed by atoms with van der Waals surface area (Å²) in [5.41, 5.74) is 0.872. The van der Waals surface area contributed by atoms with Gasteiger partial charge in [-0.25, -0.2) is 0 Å². The highest BCUT2D eigenvalue weighted by Gasteiger charge is 2.33. The zero-order valence-electron chi connectivity index (χ0n) is 20.4. The predicted octanol–water partition coefficient (Wildman–Crippen LogP) is 2.31. The molecule has 1 aromatic rings. The minimum Gasteiger partial charge on any atom is -0.343 e. The molecule has 1 aliphatic heterocycles. The Bertz CT molecular complexity index is 924. The van der Waals surface area contributed by atoms with Crippen LogP contribution in [0.25, 0.3) is 6.08 Å². The van der Waals surface area contributed by atoms with E-state index in [0.29, 0.717) is 12.3 Å². The lowest BCUT2D eigenvalue weighted by Gasteiger charge is -2.31. The second-order valence-electron chi connectivity index (χ2n) is 9.34. The van der Waals surface area contributed by atoms with Crippen molar-refractivity contribution in [2.24, 2.45) is 5.92 Å². The summed E-state index contributed by atoms with van der Waals surface area (Å²) in [7, 11) is 3.07. The number of carbonyl (C=O) groups excluding carboxylic acids is 4. The van der Waals surface area contributed by atoms with E-state index in [0.717, 1.165) is 24.8 Å². The van der Waals surface area contributed by atoms with Crippen molar-refractivity contribution in [1.82, 2.24) is 20.4 Å². The van der Waals surface area contributed by atoms with E-state index in [1.165, 1.54) is 36.1 Å². The van der Waals surface area contributed by atoms with Crippen LogP contribution in [0.1, 0.15) is 57.4 Å². The third-order valence-electron chi connectivity index (χ3n) is 6.98. The SMILES string of the molecule is C[C@H]1C(=O)N[C@@H](CCC2CCCCC2)C(=O)N(C)/C(=C\c2ccccc2)C(=O)NCC(=O)N1C. The van der Waals surface area contributed by atoms with Crippen LogP contribution in [-0.4, -0.2) is 66.2 Å². The maximum Gasteiger partial charge on any atom is 0.268 e. The Morgan fingerprint density at radius 3 is 2.32 bits per heavy atom. The summed E-state index contributed by atoms with van der Waals surface area (Å²) in [6, 6.07) is 7.67. The summed E-state index contributed by atoms with van der Waals surface area (Å²) in [4.78, 5) is 54.8. The van der Waals surface area contributed by atoms with E-state index in [-0.39, 0.29) is 30.0 Å². The summed E-state index contributed by atoms with van der Waals surface area (Å²) in [6.45, 7) is 1.35. The molecule has 0 unspecified atom stereocenters. The van der Waals surface area contributed by atoms with Gasteiger partial charge >= 0.3 is 0 Å². The first-order chi connectivity index (χ1) is 16.3. The van der Waals surface area contributed by atoms with Crippen LogP contribution in [-0.2, 0) is 19.2 Å². The van der Waals surface area contributed by atoms with Crippen molar-refractivity contribution in [3.05, 3.63) is 41.6 Å². The molecule has 184 valence electrons. The Morgan fingerprint density at radius 1 is 0.971 bits per heavy atom. The summed E-state index contributed by atoms with van der Waals surface area (Å²) >= 11 is 0. The lowest BCUT2D eigenvalue weighted by atomic mass is 9.85. The van der Waals surface area contributed by atoms with Gasteiger partial charge in [0.1, 0.15) is 17.8 Å². The topological polar surface area (TPSA) is 98.8 Å². The zero-order chi connectivity index (χ0) is 24.7. The number of amides is 4. The Kier molecular flexibility index (Phi) is 8.85. The number of hydrogen-bond acceptors (Lipinski definition) is 4. The van der Waals surface area contributed by atoms with E-state index in [4.69, 9.17) is 0 Å². The Labute approximate surface area is 201 Å². The summed E-state index contributed by atoms with van der Waals surface area (Å²) < 4.78 is 0. The van der Waals surface area contributed by atoms with Crippen LogP contribution in [0.3, 0.4) is 0 Å². The molecule has 2 fully saturated rings. The number of carbonyl (C=O) groups is 4. The predicted molar refractivity (Wildman–Crippen MR) is 130 cm³/mol. The van der Waals surface area contributed by atoms with Gasteiger partial charge in [-0.2, -0.15) is 0 Å². The standard InChI is InChI=1S/C26H36N4O4/c1-18-24(32)28-21(15-14-19-10-6-4-7-11-19)26(34)30(3)22(16-20-12-8-5-9-13-20)25(33)27-17-23(31)29(18)2/h5,8-9,12-13,16,18-19,21H,4,6-7,10-11,14-15,17H2,1-3H3,(H,27,33)(H,28,32)/b22-16-/t18-,21-/m0/s1. The lowest BCUT2D eigenvalue weighted by Crippen LogP contribution is -2.56. The Balaban J connectivity index is 1.92. The molecule has 8 nitrogen and oxygen atoms in total. The van der Waals surface area contributed by atoms with Crippen LogP contribution in [0.15, 0.2) is 36.0 Å². The second-order valence-corrected chi connectivity index (χ2v) is 9.34. The van der Waals surface area contributed by atoms with E-state index >= 15 is 0 Å². The fourth-order valence-electron chi connectivity index (χ4n) is 4.57. The highest BCUT2D eigenvalue weighted by atomic mass is 16.2. The molecule has 3 rings (SSSR count). The van der Waals surface area contributed by atoms with E-state index in [9.17, 15) is 19.2 Å². The zero-order valence-corrected chi connectivity index (χ0v) is 20.4. The molecule has 1 aromatic carbocycles. The van der Waals surface area contributed by atoms with Crippen molar-refractivity contribution in [3.8, 4) is 0 Å². The van der Waals surface area contributed by atoms with E-state index in [1.54, 1.807) is 20.0 Å². The summed E-state index contributed by atoms with van der Waals surface area (Å²) in [5, 5.41) is 5.48. The number of hydrogen-bond donors (Lipinski definition) is 2. The van der Waals surface area contributed by atoms with Crippen molar-refractivity contribution in [1.29, 1.82) is 0 Å². The maximum absolute atomic E-state index is 13.6. The van der Waals surface area contributed by atoms with Gasteiger partial charge in [0.2, 0.25) is 17.7 Å². The Morgan fingerprint density at radius 2 is 1.65 bits per heavy atom. The molecular weight excluding hydrogens is 432 g/mol. The van der Waals surface area contributed by atoms with Crippen LogP contribution in [0.2, 0.25) is 0 Å². The first-order valence-corrected chi connectivity index (χ1v) is 12.2. The van der Waals surface area contributed by atoms with Gasteiger partial charge in [-0.15, -0.1) is 0 Å². The molecule has 2 aliphatic rings.